The summed E-state index contributed by atoms with van der Waals surface area (Å²) in [5, 5.41) is 1.96. The first-order chi connectivity index (χ1) is 9.66. The number of ketones is 1. The highest BCUT2D eigenvalue weighted by atomic mass is 32.1. The van der Waals surface area contributed by atoms with Crippen LogP contribution in [0.2, 0.25) is 0 Å². The summed E-state index contributed by atoms with van der Waals surface area (Å²) in [4.78, 5) is 12.1. The van der Waals surface area contributed by atoms with Crippen LogP contribution >= 0.6 is 24.0 Å². The maximum atomic E-state index is 11.4. The minimum atomic E-state index is -0.395. The van der Waals surface area contributed by atoms with Crippen molar-refractivity contribution in [3.8, 4) is 0 Å². The molecule has 1 saturated heterocycles. The molecule has 1 fully saturated rings. The number of thiol groups is 1. The van der Waals surface area contributed by atoms with Crippen molar-refractivity contribution < 1.29 is 14.1 Å². The number of rotatable bonds is 4. The van der Waals surface area contributed by atoms with Gasteiger partial charge in [0.15, 0.2) is 5.78 Å². The average Bonchev–Trinajstić information content (AvgIpc) is 2.90. The van der Waals surface area contributed by atoms with Gasteiger partial charge in [-0.15, -0.1) is 11.3 Å². The Bertz CT molecular complexity index is 559. The molecule has 0 atom stereocenters. The molecule has 0 spiro atoms. The molecule has 0 aromatic carbocycles. The van der Waals surface area contributed by atoms with Gasteiger partial charge >= 0.3 is 7.12 Å². The second-order valence-electron chi connectivity index (χ2n) is 6.27. The Kier molecular flexibility index (Phi) is 4.73. The smallest absolute Gasteiger partial charge is 0.400 e. The van der Waals surface area contributed by atoms with Gasteiger partial charge in [-0.05, 0) is 57.1 Å². The van der Waals surface area contributed by atoms with Crippen molar-refractivity contribution in [2.24, 2.45) is 0 Å². The molecule has 1 aliphatic rings. The fraction of sp³-hybridized carbons (Fsp3) is 0.533. The van der Waals surface area contributed by atoms with E-state index in [1.54, 1.807) is 6.92 Å². The topological polar surface area (TPSA) is 35.5 Å². The second kappa shape index (κ2) is 5.91. The lowest BCUT2D eigenvalue weighted by atomic mass is 9.78. The molecule has 0 bridgehead atoms. The van der Waals surface area contributed by atoms with Crippen LogP contribution < -0.4 is 0 Å². The van der Waals surface area contributed by atoms with Crippen LogP contribution in [-0.4, -0.2) is 29.9 Å². The maximum absolute atomic E-state index is 11.4. The zero-order chi connectivity index (χ0) is 15.8. The van der Waals surface area contributed by atoms with Gasteiger partial charge in [-0.3, -0.25) is 4.79 Å². The Morgan fingerprint density at radius 2 is 1.90 bits per heavy atom. The monoisotopic (exact) mass is 324 g/mol. The Labute approximate surface area is 136 Å². The largest absolute Gasteiger partial charge is 0.491 e. The van der Waals surface area contributed by atoms with Gasteiger partial charge in [0.25, 0.3) is 0 Å². The summed E-state index contributed by atoms with van der Waals surface area (Å²) in [5.74, 6) is 0.630. The number of thiophene rings is 1. The van der Waals surface area contributed by atoms with Crippen LogP contribution in [0, 0.1) is 0 Å². The molecule has 21 heavy (non-hydrogen) atoms. The van der Waals surface area contributed by atoms with Gasteiger partial charge in [0, 0.05) is 5.75 Å². The third kappa shape index (κ3) is 3.45. The van der Waals surface area contributed by atoms with Crippen LogP contribution in [-0.2, 0) is 9.31 Å². The number of hydrogen-bond acceptors (Lipinski definition) is 5. The lowest BCUT2D eigenvalue weighted by Gasteiger charge is -2.32. The standard InChI is InChI=1S/C15H21BO3S2/c1-10(17)13-7-11(9-21-13)6-12(8-20)16-18-14(2,3)15(4,5)19-16/h6-7,9,20H,8H2,1-5H3. The summed E-state index contributed by atoms with van der Waals surface area (Å²) in [7, 11) is -0.395. The molecule has 1 aliphatic heterocycles. The highest BCUT2D eigenvalue weighted by molar-refractivity contribution is 7.80. The molecular formula is C15H21BO3S2. The van der Waals surface area contributed by atoms with Gasteiger partial charge < -0.3 is 9.31 Å². The van der Waals surface area contributed by atoms with Crippen LogP contribution in [0.1, 0.15) is 49.9 Å². The first-order valence-electron chi connectivity index (χ1n) is 6.93. The van der Waals surface area contributed by atoms with E-state index in [1.807, 2.05) is 45.2 Å². The molecule has 0 unspecified atom stereocenters. The van der Waals surface area contributed by atoms with Crippen molar-refractivity contribution >= 4 is 42.9 Å². The SMILES string of the molecule is CC(=O)c1cc(C=C(CS)B2OC(C)(C)C(C)(C)O2)cs1. The fourth-order valence-electron chi connectivity index (χ4n) is 2.01. The maximum Gasteiger partial charge on any atom is 0.491 e. The minimum Gasteiger partial charge on any atom is -0.400 e. The third-order valence-corrected chi connectivity index (χ3v) is 5.47. The van der Waals surface area contributed by atoms with Gasteiger partial charge in [-0.25, -0.2) is 0 Å². The summed E-state index contributed by atoms with van der Waals surface area (Å²) in [6.07, 6.45) is 2.00. The molecule has 2 rings (SSSR count). The van der Waals surface area contributed by atoms with Gasteiger partial charge in [0.1, 0.15) is 0 Å². The number of carbonyl (C=O) groups is 1. The molecule has 114 valence electrons. The molecule has 0 radical (unpaired) electrons. The number of Topliss-reactive ketones (excluding diaryl/α,β-unsaturated/α-hetero) is 1. The van der Waals surface area contributed by atoms with E-state index in [4.69, 9.17) is 9.31 Å². The quantitative estimate of drug-likeness (QED) is 0.518. The van der Waals surface area contributed by atoms with Crippen LogP contribution in [0.4, 0.5) is 0 Å². The molecule has 0 amide bonds. The molecular weight excluding hydrogens is 303 g/mol. The first-order valence-corrected chi connectivity index (χ1v) is 8.44. The van der Waals surface area contributed by atoms with Crippen LogP contribution in [0.15, 0.2) is 16.9 Å². The van der Waals surface area contributed by atoms with Gasteiger partial charge in [0.05, 0.1) is 16.1 Å². The lowest BCUT2D eigenvalue weighted by molar-refractivity contribution is 0.00578. The van der Waals surface area contributed by atoms with E-state index in [0.29, 0.717) is 5.75 Å². The highest BCUT2D eigenvalue weighted by Gasteiger charge is 2.52. The van der Waals surface area contributed by atoms with E-state index in [1.165, 1.54) is 11.3 Å². The molecule has 0 aliphatic carbocycles. The summed E-state index contributed by atoms with van der Waals surface area (Å²) in [5.41, 5.74) is 1.23. The number of hydrogen-bond donors (Lipinski definition) is 1. The van der Waals surface area contributed by atoms with Crippen molar-refractivity contribution in [3.05, 3.63) is 27.4 Å². The summed E-state index contributed by atoms with van der Waals surface area (Å²) in [6.45, 7) is 9.69. The van der Waals surface area contributed by atoms with E-state index in [-0.39, 0.29) is 17.0 Å². The Morgan fingerprint density at radius 3 is 2.33 bits per heavy atom. The highest BCUT2D eigenvalue weighted by Crippen LogP contribution is 2.39. The van der Waals surface area contributed by atoms with Crippen molar-refractivity contribution in [1.29, 1.82) is 0 Å². The van der Waals surface area contributed by atoms with Crippen molar-refractivity contribution in [2.75, 3.05) is 5.75 Å². The minimum absolute atomic E-state index is 0.0858. The van der Waals surface area contributed by atoms with Gasteiger partial charge in [-0.2, -0.15) is 12.6 Å². The third-order valence-electron chi connectivity index (χ3n) is 4.06. The fourth-order valence-corrected chi connectivity index (χ4v) is 3.02. The molecule has 0 N–H and O–H groups in total. The zero-order valence-corrected chi connectivity index (χ0v) is 14.8. The molecule has 2 heterocycles. The predicted molar refractivity (Wildman–Crippen MR) is 92.2 cm³/mol. The summed E-state index contributed by atoms with van der Waals surface area (Å²) >= 11 is 5.84. The van der Waals surface area contributed by atoms with Crippen molar-refractivity contribution in [3.63, 3.8) is 0 Å². The average molecular weight is 324 g/mol. The molecule has 0 saturated carbocycles. The second-order valence-corrected chi connectivity index (χ2v) is 7.49. The van der Waals surface area contributed by atoms with E-state index >= 15 is 0 Å². The van der Waals surface area contributed by atoms with E-state index in [2.05, 4.69) is 12.6 Å². The molecule has 1 aromatic rings. The number of carbonyl (C=O) groups excluding carboxylic acids is 1. The van der Waals surface area contributed by atoms with Crippen LogP contribution in [0.25, 0.3) is 6.08 Å². The van der Waals surface area contributed by atoms with Gasteiger partial charge in [-0.1, -0.05) is 6.08 Å². The molecule has 3 nitrogen and oxygen atoms in total. The van der Waals surface area contributed by atoms with E-state index in [9.17, 15) is 4.79 Å². The molecule has 1 aromatic heterocycles. The van der Waals surface area contributed by atoms with Crippen LogP contribution in [0.5, 0.6) is 0 Å². The van der Waals surface area contributed by atoms with E-state index in [0.717, 1.165) is 15.9 Å². The Hall–Kier alpha value is -0.555. The van der Waals surface area contributed by atoms with Crippen molar-refractivity contribution in [2.45, 2.75) is 45.8 Å². The zero-order valence-electron chi connectivity index (χ0n) is 13.1. The first kappa shape index (κ1) is 16.8. The summed E-state index contributed by atoms with van der Waals surface area (Å²) < 4.78 is 12.1. The predicted octanol–water partition coefficient (Wildman–Crippen LogP) is 3.90. The normalized spacial score (nSPS) is 20.9. The molecule has 6 heteroatoms. The Balaban J connectivity index is 2.24. The Morgan fingerprint density at radius 1 is 1.33 bits per heavy atom. The van der Waals surface area contributed by atoms with E-state index < -0.39 is 7.12 Å². The van der Waals surface area contributed by atoms with Gasteiger partial charge in [0.2, 0.25) is 0 Å². The van der Waals surface area contributed by atoms with Crippen LogP contribution in [0.3, 0.4) is 0 Å². The van der Waals surface area contributed by atoms with Crippen molar-refractivity contribution in [1.82, 2.24) is 0 Å². The lowest BCUT2D eigenvalue weighted by Crippen LogP contribution is -2.41. The summed E-state index contributed by atoms with van der Waals surface area (Å²) in [6, 6.07) is 1.89.